The Hall–Kier alpha value is -3.13. The maximum atomic E-state index is 13.2. The molecule has 0 aliphatic heterocycles. The molecule has 2 N–H and O–H groups in total. The molecule has 108 valence electrons. The average Bonchev–Trinajstić information content (AvgIpc) is 2.92. The molecule has 0 radical (unpaired) electrons. The van der Waals surface area contributed by atoms with E-state index in [0.717, 1.165) is 5.56 Å². The second-order valence-corrected chi connectivity index (χ2v) is 4.90. The van der Waals surface area contributed by atoms with Gasteiger partial charge in [0.05, 0.1) is 12.5 Å². The van der Waals surface area contributed by atoms with Crippen LogP contribution in [0, 0.1) is 17.1 Å². The van der Waals surface area contributed by atoms with E-state index < -0.39 is 0 Å². The first kappa shape index (κ1) is 13.8. The molecule has 0 spiro atoms. The van der Waals surface area contributed by atoms with E-state index in [1.165, 1.54) is 12.1 Å². The number of aromatic amines is 1. The lowest BCUT2D eigenvalue weighted by atomic mass is 10.1. The molecule has 2 aromatic carbocycles. The normalized spacial score (nSPS) is 10.4. The Morgan fingerprint density at radius 1 is 1.18 bits per heavy atom. The number of nitrogens with one attached hydrogen (secondary N) is 2. The van der Waals surface area contributed by atoms with Crippen LogP contribution in [0.3, 0.4) is 0 Å². The van der Waals surface area contributed by atoms with Crippen molar-refractivity contribution >= 4 is 22.5 Å². The summed E-state index contributed by atoms with van der Waals surface area (Å²) in [5.74, 6) is -0.642. The molecule has 0 unspecified atom stereocenters. The zero-order chi connectivity index (χ0) is 15.5. The molecule has 5 heteroatoms. The van der Waals surface area contributed by atoms with Crippen molar-refractivity contribution < 1.29 is 9.18 Å². The summed E-state index contributed by atoms with van der Waals surface area (Å²) in [4.78, 5) is 15.1. The van der Waals surface area contributed by atoms with E-state index >= 15 is 0 Å². The molecule has 3 rings (SSSR count). The molecule has 0 atom stereocenters. The standard InChI is InChI=1S/C17H12FN3O/c18-13-3-6-15-12(9-13)10-16(21-15)17(22)20-14-4-1-11(2-5-14)7-8-19/h1-6,9-10,21H,7H2,(H,20,22). The molecule has 4 nitrogen and oxygen atoms in total. The number of carbonyl (C=O) groups excluding carboxylic acids is 1. The van der Waals surface area contributed by atoms with Gasteiger partial charge in [-0.05, 0) is 42.0 Å². The Morgan fingerprint density at radius 2 is 1.95 bits per heavy atom. The van der Waals surface area contributed by atoms with E-state index in [-0.39, 0.29) is 11.7 Å². The topological polar surface area (TPSA) is 68.7 Å². The second kappa shape index (κ2) is 5.70. The van der Waals surface area contributed by atoms with Crippen molar-refractivity contribution in [1.82, 2.24) is 4.98 Å². The highest BCUT2D eigenvalue weighted by atomic mass is 19.1. The predicted molar refractivity (Wildman–Crippen MR) is 82.0 cm³/mol. The van der Waals surface area contributed by atoms with Gasteiger partial charge in [0.1, 0.15) is 11.5 Å². The van der Waals surface area contributed by atoms with Crippen LogP contribution in [-0.4, -0.2) is 10.9 Å². The van der Waals surface area contributed by atoms with E-state index in [1.54, 1.807) is 36.4 Å². The molecule has 0 fully saturated rings. The second-order valence-electron chi connectivity index (χ2n) is 4.90. The van der Waals surface area contributed by atoms with Crippen LogP contribution in [0.5, 0.6) is 0 Å². The smallest absolute Gasteiger partial charge is 0.272 e. The maximum absolute atomic E-state index is 13.2. The molecule has 3 aromatic rings. The lowest BCUT2D eigenvalue weighted by molar-refractivity contribution is 0.102. The number of H-pyrrole nitrogens is 1. The average molecular weight is 293 g/mol. The van der Waals surface area contributed by atoms with Gasteiger partial charge < -0.3 is 10.3 Å². The molecule has 1 heterocycles. The third kappa shape index (κ3) is 2.81. The highest BCUT2D eigenvalue weighted by Crippen LogP contribution is 2.18. The summed E-state index contributed by atoms with van der Waals surface area (Å²) in [6.07, 6.45) is 0.335. The zero-order valence-corrected chi connectivity index (χ0v) is 11.6. The van der Waals surface area contributed by atoms with Gasteiger partial charge in [-0.3, -0.25) is 4.79 Å². The van der Waals surface area contributed by atoms with Gasteiger partial charge in [0.15, 0.2) is 0 Å². The minimum atomic E-state index is -0.341. The first-order valence-electron chi connectivity index (χ1n) is 6.71. The van der Waals surface area contributed by atoms with Crippen molar-refractivity contribution in [2.75, 3.05) is 5.32 Å². The van der Waals surface area contributed by atoms with Crippen LogP contribution in [-0.2, 0) is 6.42 Å². The maximum Gasteiger partial charge on any atom is 0.272 e. The number of hydrogen-bond donors (Lipinski definition) is 2. The molecule has 0 bridgehead atoms. The van der Waals surface area contributed by atoms with Crippen molar-refractivity contribution in [2.45, 2.75) is 6.42 Å². The summed E-state index contributed by atoms with van der Waals surface area (Å²) in [5, 5.41) is 12.0. The van der Waals surface area contributed by atoms with Gasteiger partial charge in [0.25, 0.3) is 5.91 Å². The van der Waals surface area contributed by atoms with Crippen LogP contribution in [0.1, 0.15) is 16.1 Å². The predicted octanol–water partition coefficient (Wildman–Crippen LogP) is 3.63. The van der Waals surface area contributed by atoms with E-state index in [9.17, 15) is 9.18 Å². The van der Waals surface area contributed by atoms with Crippen LogP contribution in [0.15, 0.2) is 48.5 Å². The van der Waals surface area contributed by atoms with Gasteiger partial charge in [-0.2, -0.15) is 5.26 Å². The number of anilines is 1. The van der Waals surface area contributed by atoms with Crippen LogP contribution in [0.4, 0.5) is 10.1 Å². The lowest BCUT2D eigenvalue weighted by Crippen LogP contribution is -2.12. The van der Waals surface area contributed by atoms with Crippen molar-refractivity contribution in [3.05, 3.63) is 65.6 Å². The zero-order valence-electron chi connectivity index (χ0n) is 11.6. The fourth-order valence-corrected chi connectivity index (χ4v) is 2.22. The van der Waals surface area contributed by atoms with Crippen molar-refractivity contribution in [2.24, 2.45) is 0 Å². The Bertz CT molecular complexity index is 875. The van der Waals surface area contributed by atoms with Gasteiger partial charge in [0.2, 0.25) is 0 Å². The Morgan fingerprint density at radius 3 is 2.68 bits per heavy atom. The molecular formula is C17H12FN3O. The number of aromatic nitrogens is 1. The van der Waals surface area contributed by atoms with Gasteiger partial charge in [-0.15, -0.1) is 0 Å². The molecule has 22 heavy (non-hydrogen) atoms. The summed E-state index contributed by atoms with van der Waals surface area (Å²) in [5.41, 5.74) is 2.59. The van der Waals surface area contributed by atoms with E-state index in [4.69, 9.17) is 5.26 Å². The summed E-state index contributed by atoms with van der Waals surface area (Å²) in [6, 6.07) is 15.1. The number of fused-ring (bicyclic) bond motifs is 1. The van der Waals surface area contributed by atoms with Crippen LogP contribution in [0.2, 0.25) is 0 Å². The summed E-state index contributed by atoms with van der Waals surface area (Å²) in [7, 11) is 0. The third-order valence-corrected chi connectivity index (χ3v) is 3.32. The number of halogens is 1. The first-order chi connectivity index (χ1) is 10.7. The van der Waals surface area contributed by atoms with Gasteiger partial charge in [-0.25, -0.2) is 4.39 Å². The summed E-state index contributed by atoms with van der Waals surface area (Å²) in [6.45, 7) is 0. The molecular weight excluding hydrogens is 281 g/mol. The molecule has 0 aliphatic carbocycles. The van der Waals surface area contributed by atoms with Crippen molar-refractivity contribution in [1.29, 1.82) is 5.26 Å². The highest BCUT2D eigenvalue weighted by Gasteiger charge is 2.10. The molecule has 0 saturated heterocycles. The number of nitriles is 1. The van der Waals surface area contributed by atoms with Crippen LogP contribution >= 0.6 is 0 Å². The number of amides is 1. The van der Waals surface area contributed by atoms with E-state index in [1.807, 2.05) is 0 Å². The van der Waals surface area contributed by atoms with E-state index in [2.05, 4.69) is 16.4 Å². The number of benzene rings is 2. The molecule has 0 aliphatic rings. The summed E-state index contributed by atoms with van der Waals surface area (Å²) < 4.78 is 13.2. The minimum absolute atomic E-state index is 0.301. The molecule has 0 saturated carbocycles. The fourth-order valence-electron chi connectivity index (χ4n) is 2.22. The third-order valence-electron chi connectivity index (χ3n) is 3.32. The number of rotatable bonds is 3. The fraction of sp³-hybridized carbons (Fsp3) is 0.0588. The Balaban J connectivity index is 1.79. The molecule has 1 amide bonds. The summed E-state index contributed by atoms with van der Waals surface area (Å²) >= 11 is 0. The van der Waals surface area contributed by atoms with Gasteiger partial charge in [-0.1, -0.05) is 12.1 Å². The monoisotopic (exact) mass is 293 g/mol. The first-order valence-corrected chi connectivity index (χ1v) is 6.71. The van der Waals surface area contributed by atoms with Crippen molar-refractivity contribution in [3.63, 3.8) is 0 Å². The number of carbonyl (C=O) groups is 1. The van der Waals surface area contributed by atoms with Gasteiger partial charge in [0, 0.05) is 16.6 Å². The largest absolute Gasteiger partial charge is 0.351 e. The van der Waals surface area contributed by atoms with Gasteiger partial charge >= 0.3 is 0 Å². The molecule has 1 aromatic heterocycles. The SMILES string of the molecule is N#CCc1ccc(NC(=O)c2cc3cc(F)ccc3[nH]2)cc1. The Kier molecular flexibility index (Phi) is 3.58. The van der Waals surface area contributed by atoms with Crippen LogP contribution in [0.25, 0.3) is 10.9 Å². The quantitative estimate of drug-likeness (QED) is 0.774. The number of hydrogen-bond acceptors (Lipinski definition) is 2. The number of nitrogens with zero attached hydrogens (tertiary/aromatic N) is 1. The van der Waals surface area contributed by atoms with E-state index in [0.29, 0.717) is 28.7 Å². The van der Waals surface area contributed by atoms with Crippen molar-refractivity contribution in [3.8, 4) is 6.07 Å². The highest BCUT2D eigenvalue weighted by molar-refractivity contribution is 6.05. The van der Waals surface area contributed by atoms with Crippen LogP contribution < -0.4 is 5.32 Å². The Labute approximate surface area is 126 Å². The minimum Gasteiger partial charge on any atom is -0.351 e. The lowest BCUT2D eigenvalue weighted by Gasteiger charge is -2.04.